The van der Waals surface area contributed by atoms with E-state index in [9.17, 15) is 0 Å². The van der Waals surface area contributed by atoms with E-state index in [0.29, 0.717) is 18.6 Å². The number of rotatable bonds is 5. The molecule has 0 unspecified atom stereocenters. The third kappa shape index (κ3) is 4.01. The summed E-state index contributed by atoms with van der Waals surface area (Å²) in [5.41, 5.74) is 1.76. The summed E-state index contributed by atoms with van der Waals surface area (Å²) in [6.07, 6.45) is 13.4. The molecule has 2 saturated carbocycles. The lowest BCUT2D eigenvalue weighted by Crippen LogP contribution is -2.52. The smallest absolute Gasteiger partial charge is 0.192 e. The fourth-order valence-corrected chi connectivity index (χ4v) is 6.64. The summed E-state index contributed by atoms with van der Waals surface area (Å²) in [4.78, 5) is 0. The van der Waals surface area contributed by atoms with Crippen molar-refractivity contribution in [1.29, 1.82) is 0 Å². The van der Waals surface area contributed by atoms with Gasteiger partial charge in [0.15, 0.2) is 8.32 Å². The maximum absolute atomic E-state index is 7.05. The molecule has 3 aliphatic carbocycles. The van der Waals surface area contributed by atoms with Crippen LogP contribution in [0.15, 0.2) is 23.8 Å². The SMILES string of the molecule is COCO[C@H]1CC[C@@H]2[C@H]3CC=CCC=C3[C@H](O[Si](C)(C)C(C)(C)C)C[C@]12C. The van der Waals surface area contributed by atoms with Gasteiger partial charge in [0.1, 0.15) is 6.79 Å². The fourth-order valence-electron chi connectivity index (χ4n) is 5.35. The van der Waals surface area contributed by atoms with Gasteiger partial charge in [0, 0.05) is 7.11 Å². The Morgan fingerprint density at radius 3 is 2.59 bits per heavy atom. The van der Waals surface area contributed by atoms with Crippen molar-refractivity contribution in [3.8, 4) is 0 Å². The average molecular weight is 393 g/mol. The standard InChI is InChI=1S/C23H40O3Si/c1-22(2,3)27(6,7)26-20-15-23(4)19(13-14-21(23)25-16-24-5)17-11-9-8-10-12-18(17)20/h8-9,12,17,19-21H,10-11,13-16H2,1-7H3/t17-,19+,20+,21-,23-/m0/s1. The Kier molecular flexibility index (Phi) is 6.13. The van der Waals surface area contributed by atoms with Crippen LogP contribution in [0.1, 0.15) is 59.8 Å². The lowest BCUT2D eigenvalue weighted by molar-refractivity contribution is -0.126. The van der Waals surface area contributed by atoms with Gasteiger partial charge >= 0.3 is 0 Å². The van der Waals surface area contributed by atoms with Crippen LogP contribution in [0.5, 0.6) is 0 Å². The van der Waals surface area contributed by atoms with E-state index in [1.165, 1.54) is 6.42 Å². The van der Waals surface area contributed by atoms with Crippen LogP contribution in [0.25, 0.3) is 0 Å². The minimum atomic E-state index is -1.84. The van der Waals surface area contributed by atoms with E-state index < -0.39 is 8.32 Å². The van der Waals surface area contributed by atoms with Gasteiger partial charge in [-0.2, -0.15) is 0 Å². The van der Waals surface area contributed by atoms with Gasteiger partial charge in [-0.3, -0.25) is 0 Å². The van der Waals surface area contributed by atoms with Crippen LogP contribution in [0, 0.1) is 17.3 Å². The van der Waals surface area contributed by atoms with E-state index in [1.807, 2.05) is 0 Å². The highest BCUT2D eigenvalue weighted by Gasteiger charge is 2.56. The molecule has 27 heavy (non-hydrogen) atoms. The molecular formula is C23H40O3Si. The highest BCUT2D eigenvalue weighted by molar-refractivity contribution is 6.74. The van der Waals surface area contributed by atoms with Crippen LogP contribution in [-0.4, -0.2) is 34.4 Å². The molecule has 0 saturated heterocycles. The highest BCUT2D eigenvalue weighted by atomic mass is 28.4. The maximum atomic E-state index is 7.05. The predicted octanol–water partition coefficient (Wildman–Crippen LogP) is 6.08. The first-order valence-electron chi connectivity index (χ1n) is 10.7. The Bertz CT molecular complexity index is 589. The topological polar surface area (TPSA) is 27.7 Å². The fraction of sp³-hybridized carbons (Fsp3) is 0.826. The second-order valence-electron chi connectivity index (χ2n) is 10.6. The molecule has 0 aromatic carbocycles. The summed E-state index contributed by atoms with van der Waals surface area (Å²) in [6, 6.07) is 0. The molecular weight excluding hydrogens is 352 g/mol. The summed E-state index contributed by atoms with van der Waals surface area (Å²) < 4.78 is 18.5. The summed E-state index contributed by atoms with van der Waals surface area (Å²) >= 11 is 0. The van der Waals surface area contributed by atoms with E-state index in [4.69, 9.17) is 13.9 Å². The van der Waals surface area contributed by atoms with E-state index in [1.54, 1.807) is 12.7 Å². The van der Waals surface area contributed by atoms with Gasteiger partial charge in [-0.05, 0) is 73.1 Å². The van der Waals surface area contributed by atoms with Crippen molar-refractivity contribution in [2.75, 3.05) is 13.9 Å². The van der Waals surface area contributed by atoms with Crippen molar-refractivity contribution in [2.45, 2.75) is 90.1 Å². The zero-order valence-electron chi connectivity index (χ0n) is 18.5. The lowest BCUT2D eigenvalue weighted by atomic mass is 9.60. The molecule has 0 N–H and O–H groups in total. The van der Waals surface area contributed by atoms with E-state index in [0.717, 1.165) is 25.7 Å². The molecule has 3 nitrogen and oxygen atoms in total. The van der Waals surface area contributed by atoms with Crippen molar-refractivity contribution in [2.24, 2.45) is 17.3 Å². The Morgan fingerprint density at radius 1 is 1.19 bits per heavy atom. The first-order chi connectivity index (χ1) is 12.6. The molecule has 0 amide bonds. The van der Waals surface area contributed by atoms with Crippen molar-refractivity contribution in [3.63, 3.8) is 0 Å². The van der Waals surface area contributed by atoms with Gasteiger partial charge in [0.25, 0.3) is 0 Å². The van der Waals surface area contributed by atoms with Gasteiger partial charge in [-0.15, -0.1) is 0 Å². The van der Waals surface area contributed by atoms with Gasteiger partial charge in [-0.1, -0.05) is 45.9 Å². The number of fused-ring (bicyclic) bond motifs is 3. The Labute approximate surface area is 167 Å². The normalized spacial score (nSPS) is 36.8. The number of methoxy groups -OCH3 is 1. The summed E-state index contributed by atoms with van der Waals surface area (Å²) in [5.74, 6) is 1.29. The van der Waals surface area contributed by atoms with Gasteiger partial charge in [-0.25, -0.2) is 0 Å². The number of allylic oxidation sites excluding steroid dienone is 3. The molecule has 5 atom stereocenters. The first-order valence-corrected chi connectivity index (χ1v) is 13.6. The van der Waals surface area contributed by atoms with Crippen molar-refractivity contribution in [1.82, 2.24) is 0 Å². The summed E-state index contributed by atoms with van der Waals surface area (Å²) in [5, 5.41) is 0.228. The van der Waals surface area contributed by atoms with Crippen molar-refractivity contribution in [3.05, 3.63) is 23.8 Å². The molecule has 0 heterocycles. The van der Waals surface area contributed by atoms with Crippen LogP contribution in [0.4, 0.5) is 0 Å². The molecule has 4 heteroatoms. The summed E-state index contributed by atoms with van der Waals surface area (Å²) in [7, 11) is -0.118. The van der Waals surface area contributed by atoms with E-state index >= 15 is 0 Å². The molecule has 3 aliphatic rings. The summed E-state index contributed by atoms with van der Waals surface area (Å²) in [6.45, 7) is 14.7. The average Bonchev–Trinajstić information content (AvgIpc) is 2.74. The van der Waals surface area contributed by atoms with Crippen LogP contribution in [0.2, 0.25) is 18.1 Å². The van der Waals surface area contributed by atoms with Gasteiger partial charge in [0.05, 0.1) is 12.2 Å². The van der Waals surface area contributed by atoms with Crippen LogP contribution in [-0.2, 0) is 13.9 Å². The van der Waals surface area contributed by atoms with Crippen LogP contribution < -0.4 is 0 Å². The third-order valence-electron chi connectivity index (χ3n) is 7.91. The van der Waals surface area contributed by atoms with Crippen LogP contribution in [0.3, 0.4) is 0 Å². The molecule has 0 aromatic heterocycles. The second-order valence-corrected chi connectivity index (χ2v) is 15.3. The van der Waals surface area contributed by atoms with Crippen molar-refractivity contribution < 1.29 is 13.9 Å². The zero-order valence-corrected chi connectivity index (χ0v) is 19.5. The predicted molar refractivity (Wildman–Crippen MR) is 114 cm³/mol. The molecule has 2 fully saturated rings. The molecule has 0 aliphatic heterocycles. The van der Waals surface area contributed by atoms with E-state index in [2.05, 4.69) is 59.0 Å². The largest absolute Gasteiger partial charge is 0.410 e. The van der Waals surface area contributed by atoms with Gasteiger partial charge in [0.2, 0.25) is 0 Å². The number of hydrogen-bond donors (Lipinski definition) is 0. The first kappa shape index (κ1) is 21.3. The maximum Gasteiger partial charge on any atom is 0.192 e. The van der Waals surface area contributed by atoms with Gasteiger partial charge < -0.3 is 13.9 Å². The molecule has 0 bridgehead atoms. The quantitative estimate of drug-likeness (QED) is 0.322. The number of hydrogen-bond acceptors (Lipinski definition) is 3. The zero-order chi connectivity index (χ0) is 19.9. The monoisotopic (exact) mass is 392 g/mol. The second kappa shape index (κ2) is 7.77. The molecule has 3 rings (SSSR count). The Balaban J connectivity index is 1.92. The minimum Gasteiger partial charge on any atom is -0.410 e. The number of ether oxygens (including phenoxy) is 2. The Hall–Kier alpha value is -0.423. The van der Waals surface area contributed by atoms with Crippen molar-refractivity contribution >= 4 is 8.32 Å². The van der Waals surface area contributed by atoms with Crippen LogP contribution >= 0.6 is 0 Å². The highest BCUT2D eigenvalue weighted by Crippen LogP contribution is 2.59. The molecule has 0 radical (unpaired) electrons. The molecule has 0 aromatic rings. The minimum absolute atomic E-state index is 0.172. The Morgan fingerprint density at radius 2 is 1.93 bits per heavy atom. The molecule has 0 spiro atoms. The lowest BCUT2D eigenvalue weighted by Gasteiger charge is -2.51. The third-order valence-corrected chi connectivity index (χ3v) is 12.4. The molecule has 154 valence electrons. The van der Waals surface area contributed by atoms with E-state index in [-0.39, 0.29) is 22.7 Å².